The van der Waals surface area contributed by atoms with Gasteiger partial charge >= 0.3 is 0 Å². The molecule has 0 atom stereocenters. The first-order chi connectivity index (χ1) is 7.74. The molecule has 2 heteroatoms. The van der Waals surface area contributed by atoms with Gasteiger partial charge in [-0.25, -0.2) is 0 Å². The first-order valence-electron chi connectivity index (χ1n) is 5.91. The molecule has 0 N–H and O–H groups in total. The molecular formula is C14H16BCl. The maximum atomic E-state index is 6.31. The molecule has 0 saturated carbocycles. The van der Waals surface area contributed by atoms with Gasteiger partial charge in [-0.2, -0.15) is 0 Å². The van der Waals surface area contributed by atoms with Gasteiger partial charge in [-0.05, 0) is 16.8 Å². The lowest BCUT2D eigenvalue weighted by Crippen LogP contribution is -2.26. The van der Waals surface area contributed by atoms with Gasteiger partial charge in [0.15, 0.2) is 6.71 Å². The average molecular weight is 231 g/mol. The van der Waals surface area contributed by atoms with Crippen molar-refractivity contribution in [2.75, 3.05) is 0 Å². The zero-order chi connectivity index (χ0) is 11.5. The van der Waals surface area contributed by atoms with E-state index >= 15 is 0 Å². The van der Waals surface area contributed by atoms with Gasteiger partial charge in [0.05, 0.1) is 0 Å². The molecule has 0 saturated heterocycles. The van der Waals surface area contributed by atoms with Crippen LogP contribution in [0.3, 0.4) is 0 Å². The summed E-state index contributed by atoms with van der Waals surface area (Å²) in [4.78, 5) is 0. The topological polar surface area (TPSA) is 0 Å². The van der Waals surface area contributed by atoms with Gasteiger partial charge in [0.25, 0.3) is 0 Å². The number of hydrogen-bond acceptors (Lipinski definition) is 0. The summed E-state index contributed by atoms with van der Waals surface area (Å²) in [5.74, 6) is 0. The summed E-state index contributed by atoms with van der Waals surface area (Å²) in [6.45, 7) is 5.08. The highest BCUT2D eigenvalue weighted by Gasteiger charge is 2.13. The fourth-order valence-electron chi connectivity index (χ4n) is 2.32. The second-order valence-electron chi connectivity index (χ2n) is 4.37. The van der Waals surface area contributed by atoms with Crippen LogP contribution in [0.5, 0.6) is 0 Å². The minimum atomic E-state index is 0.577. The Hall–Kier alpha value is -0.945. The van der Waals surface area contributed by atoms with Crippen molar-refractivity contribution in [1.29, 1.82) is 0 Å². The third kappa shape index (κ3) is 2.10. The van der Waals surface area contributed by atoms with E-state index in [0.29, 0.717) is 6.71 Å². The highest BCUT2D eigenvalue weighted by atomic mass is 35.5. The van der Waals surface area contributed by atoms with Crippen LogP contribution in [0, 0.1) is 0 Å². The second kappa shape index (κ2) is 4.92. The summed E-state index contributed by atoms with van der Waals surface area (Å²) < 4.78 is 0. The van der Waals surface area contributed by atoms with Crippen LogP contribution in [0.2, 0.25) is 18.2 Å². The molecule has 0 unspecified atom stereocenters. The molecule has 16 heavy (non-hydrogen) atoms. The monoisotopic (exact) mass is 230 g/mol. The predicted molar refractivity (Wildman–Crippen MR) is 75.3 cm³/mol. The molecule has 0 nitrogen and oxygen atoms in total. The van der Waals surface area contributed by atoms with Gasteiger partial charge in [0.1, 0.15) is 0 Å². The fourth-order valence-corrected chi connectivity index (χ4v) is 2.61. The van der Waals surface area contributed by atoms with Crippen LogP contribution in [0.4, 0.5) is 0 Å². The molecule has 0 bridgehead atoms. The van der Waals surface area contributed by atoms with Crippen LogP contribution in [0.15, 0.2) is 36.4 Å². The van der Waals surface area contributed by atoms with Gasteiger partial charge in [-0.3, -0.25) is 0 Å². The fraction of sp³-hybridized carbons (Fsp3) is 0.286. The maximum absolute atomic E-state index is 6.31. The van der Waals surface area contributed by atoms with E-state index in [2.05, 4.69) is 38.0 Å². The number of fused-ring (bicyclic) bond motifs is 1. The van der Waals surface area contributed by atoms with Gasteiger partial charge < -0.3 is 0 Å². The SMILES string of the molecule is CCCB(C)c1cccc2cccc(Cl)c12. The van der Waals surface area contributed by atoms with Crippen LogP contribution in [-0.4, -0.2) is 6.71 Å². The molecule has 2 aromatic rings. The van der Waals surface area contributed by atoms with E-state index in [1.165, 1.54) is 29.0 Å². The van der Waals surface area contributed by atoms with E-state index in [0.717, 1.165) is 5.02 Å². The molecule has 0 aliphatic rings. The number of benzene rings is 2. The van der Waals surface area contributed by atoms with Crippen molar-refractivity contribution < 1.29 is 0 Å². The quantitative estimate of drug-likeness (QED) is 0.692. The zero-order valence-corrected chi connectivity index (χ0v) is 10.6. The molecule has 0 aliphatic carbocycles. The van der Waals surface area contributed by atoms with E-state index < -0.39 is 0 Å². The van der Waals surface area contributed by atoms with Crippen LogP contribution < -0.4 is 5.46 Å². The van der Waals surface area contributed by atoms with Gasteiger partial charge in [0.2, 0.25) is 0 Å². The van der Waals surface area contributed by atoms with Crippen LogP contribution in [0.1, 0.15) is 13.3 Å². The maximum Gasteiger partial charge on any atom is 0.173 e. The molecule has 2 aromatic carbocycles. The number of hydrogen-bond donors (Lipinski definition) is 0. The van der Waals surface area contributed by atoms with Gasteiger partial charge in [-0.15, -0.1) is 0 Å². The highest BCUT2D eigenvalue weighted by Crippen LogP contribution is 2.22. The molecule has 0 radical (unpaired) electrons. The summed E-state index contributed by atoms with van der Waals surface area (Å²) in [5.41, 5.74) is 1.38. The van der Waals surface area contributed by atoms with Crippen molar-refractivity contribution >= 4 is 34.5 Å². The lowest BCUT2D eigenvalue weighted by atomic mass is 9.43. The minimum Gasteiger partial charge on any atom is -0.0837 e. The molecular weight excluding hydrogens is 214 g/mol. The van der Waals surface area contributed by atoms with Crippen molar-refractivity contribution in [3.63, 3.8) is 0 Å². The Balaban J connectivity index is 2.60. The number of halogens is 1. The molecule has 0 aromatic heterocycles. The molecule has 0 fully saturated rings. The minimum absolute atomic E-state index is 0.577. The standard InChI is InChI=1S/C14H16BCl/c1-3-10-15(2)12-8-4-6-11-7-5-9-13(16)14(11)12/h4-9H,3,10H2,1-2H3. The van der Waals surface area contributed by atoms with Crippen LogP contribution >= 0.6 is 11.6 Å². The number of rotatable bonds is 3. The lowest BCUT2D eigenvalue weighted by Gasteiger charge is -2.12. The van der Waals surface area contributed by atoms with E-state index in [4.69, 9.17) is 11.6 Å². The van der Waals surface area contributed by atoms with Crippen molar-refractivity contribution in [2.24, 2.45) is 0 Å². The normalized spacial score (nSPS) is 10.7. The first-order valence-corrected chi connectivity index (χ1v) is 6.29. The van der Waals surface area contributed by atoms with Crippen LogP contribution in [-0.2, 0) is 0 Å². The lowest BCUT2D eigenvalue weighted by molar-refractivity contribution is 1.07. The van der Waals surface area contributed by atoms with E-state index in [-0.39, 0.29) is 0 Å². The summed E-state index contributed by atoms with van der Waals surface area (Å²) in [7, 11) is 0. The van der Waals surface area contributed by atoms with Crippen LogP contribution in [0.25, 0.3) is 10.8 Å². The molecule has 2 rings (SSSR count). The second-order valence-corrected chi connectivity index (χ2v) is 4.78. The Labute approximate surface area is 103 Å². The van der Waals surface area contributed by atoms with Crippen molar-refractivity contribution in [3.05, 3.63) is 41.4 Å². The Bertz CT molecular complexity index is 488. The third-order valence-corrected chi connectivity index (χ3v) is 3.45. The third-order valence-electron chi connectivity index (χ3n) is 3.14. The average Bonchev–Trinajstić information content (AvgIpc) is 2.29. The molecule has 0 spiro atoms. The summed E-state index contributed by atoms with van der Waals surface area (Å²) in [6, 6.07) is 12.6. The molecule has 0 amide bonds. The Morgan fingerprint density at radius 3 is 2.50 bits per heavy atom. The van der Waals surface area contributed by atoms with Crippen molar-refractivity contribution in [2.45, 2.75) is 26.5 Å². The van der Waals surface area contributed by atoms with Crippen molar-refractivity contribution in [1.82, 2.24) is 0 Å². The predicted octanol–water partition coefficient (Wildman–Crippen LogP) is 4.23. The molecule has 0 heterocycles. The Morgan fingerprint density at radius 1 is 1.12 bits per heavy atom. The van der Waals surface area contributed by atoms with E-state index in [1.54, 1.807) is 0 Å². The summed E-state index contributed by atoms with van der Waals surface area (Å²) in [6.07, 6.45) is 2.42. The Morgan fingerprint density at radius 2 is 1.81 bits per heavy atom. The van der Waals surface area contributed by atoms with Crippen molar-refractivity contribution in [3.8, 4) is 0 Å². The highest BCUT2D eigenvalue weighted by molar-refractivity contribution is 6.75. The smallest absolute Gasteiger partial charge is 0.0837 e. The first kappa shape index (κ1) is 11.5. The summed E-state index contributed by atoms with van der Waals surface area (Å²) in [5, 5.41) is 3.34. The molecule has 82 valence electrons. The van der Waals surface area contributed by atoms with Gasteiger partial charge in [-0.1, -0.05) is 73.9 Å². The van der Waals surface area contributed by atoms with Gasteiger partial charge in [0, 0.05) is 5.02 Å². The summed E-state index contributed by atoms with van der Waals surface area (Å²) >= 11 is 6.31. The van der Waals surface area contributed by atoms with E-state index in [9.17, 15) is 0 Å². The largest absolute Gasteiger partial charge is 0.173 e. The Kier molecular flexibility index (Phi) is 3.55. The molecule has 0 aliphatic heterocycles. The zero-order valence-electron chi connectivity index (χ0n) is 9.83. The van der Waals surface area contributed by atoms with E-state index in [1.807, 2.05) is 12.1 Å².